The van der Waals surface area contributed by atoms with Crippen molar-refractivity contribution in [3.05, 3.63) is 18.0 Å². The number of urea groups is 1. The Morgan fingerprint density at radius 1 is 1.47 bits per heavy atom. The van der Waals surface area contributed by atoms with Gasteiger partial charge in [-0.3, -0.25) is 4.68 Å². The minimum atomic E-state index is -0.251. The van der Waals surface area contributed by atoms with Gasteiger partial charge in [-0.15, -0.1) is 0 Å². The topological polar surface area (TPSA) is 76.5 Å². The van der Waals surface area contributed by atoms with Crippen molar-refractivity contribution in [3.8, 4) is 0 Å². The Balaban J connectivity index is 2.28. The number of rotatable bonds is 4. The molecular formula is C11H17N5O. The number of aliphatic imine (C=N–C) groups is 1. The number of aryl methyl sites for hydroxylation is 1. The molecule has 0 spiro atoms. The van der Waals surface area contributed by atoms with Crippen molar-refractivity contribution in [2.24, 2.45) is 10.7 Å². The van der Waals surface area contributed by atoms with Gasteiger partial charge in [-0.05, 0) is 13.3 Å². The molecule has 1 unspecified atom stereocenters. The third-order valence-corrected chi connectivity index (χ3v) is 2.82. The molecule has 0 saturated carbocycles. The molecule has 0 saturated heterocycles. The van der Waals surface area contributed by atoms with E-state index in [4.69, 9.17) is 5.73 Å². The Labute approximate surface area is 100 Å². The number of hydrogen-bond donors (Lipinski definition) is 1. The van der Waals surface area contributed by atoms with Crippen LogP contribution in [0.2, 0.25) is 0 Å². The predicted molar refractivity (Wildman–Crippen MR) is 64.7 cm³/mol. The molecule has 2 amide bonds. The molecule has 1 aliphatic heterocycles. The van der Waals surface area contributed by atoms with Gasteiger partial charge in [-0.1, -0.05) is 6.92 Å². The summed E-state index contributed by atoms with van der Waals surface area (Å²) in [6.07, 6.45) is 4.54. The van der Waals surface area contributed by atoms with Crippen molar-refractivity contribution < 1.29 is 4.79 Å². The van der Waals surface area contributed by atoms with Crippen LogP contribution in [0.3, 0.4) is 0 Å². The molecule has 0 bridgehead atoms. The third kappa shape index (κ3) is 2.02. The van der Waals surface area contributed by atoms with Crippen molar-refractivity contribution >= 4 is 11.9 Å². The monoisotopic (exact) mass is 235 g/mol. The van der Waals surface area contributed by atoms with Gasteiger partial charge in [-0.25, -0.2) is 4.79 Å². The lowest BCUT2D eigenvalue weighted by Crippen LogP contribution is -2.33. The van der Waals surface area contributed by atoms with Crippen molar-refractivity contribution in [2.75, 3.05) is 6.54 Å². The number of amides is 2. The third-order valence-electron chi connectivity index (χ3n) is 2.82. The van der Waals surface area contributed by atoms with E-state index < -0.39 is 0 Å². The van der Waals surface area contributed by atoms with Gasteiger partial charge in [0.1, 0.15) is 11.9 Å². The quantitative estimate of drug-likeness (QED) is 0.850. The van der Waals surface area contributed by atoms with Crippen LogP contribution in [-0.2, 0) is 6.54 Å². The molecule has 2 N–H and O–H groups in total. The molecule has 0 radical (unpaired) electrons. The van der Waals surface area contributed by atoms with Crippen LogP contribution in [0.5, 0.6) is 0 Å². The van der Waals surface area contributed by atoms with Crippen molar-refractivity contribution in [1.82, 2.24) is 14.7 Å². The first kappa shape index (κ1) is 11.6. The zero-order chi connectivity index (χ0) is 12.4. The van der Waals surface area contributed by atoms with Crippen LogP contribution < -0.4 is 5.73 Å². The summed E-state index contributed by atoms with van der Waals surface area (Å²) in [5, 5.41) is 4.20. The summed E-state index contributed by atoms with van der Waals surface area (Å²) in [4.78, 5) is 17.2. The fraction of sp³-hybridized carbons (Fsp3) is 0.545. The second-order valence-electron chi connectivity index (χ2n) is 4.04. The van der Waals surface area contributed by atoms with E-state index in [1.54, 1.807) is 11.1 Å². The normalized spacial score (nSPS) is 19.9. The van der Waals surface area contributed by atoms with Crippen LogP contribution >= 0.6 is 0 Å². The second-order valence-corrected chi connectivity index (χ2v) is 4.04. The van der Waals surface area contributed by atoms with Gasteiger partial charge >= 0.3 is 6.03 Å². The van der Waals surface area contributed by atoms with Gasteiger partial charge in [-0.2, -0.15) is 10.1 Å². The SMILES string of the molecule is CCCN1C(=O)N=C(N)C1c1cnn(CC)c1. The Bertz CT molecular complexity index is 450. The summed E-state index contributed by atoms with van der Waals surface area (Å²) in [5.74, 6) is 0.360. The minimum absolute atomic E-state index is 0.247. The number of amidine groups is 1. The largest absolute Gasteiger partial charge is 0.385 e. The van der Waals surface area contributed by atoms with E-state index in [0.29, 0.717) is 12.4 Å². The number of nitrogens with two attached hydrogens (primary N) is 1. The Morgan fingerprint density at radius 3 is 2.82 bits per heavy atom. The van der Waals surface area contributed by atoms with E-state index in [1.165, 1.54) is 0 Å². The molecule has 1 aromatic heterocycles. The van der Waals surface area contributed by atoms with Gasteiger partial charge in [0.05, 0.1) is 6.20 Å². The smallest absolute Gasteiger partial charge is 0.346 e. The number of carbonyl (C=O) groups excluding carboxylic acids is 1. The minimum Gasteiger partial charge on any atom is -0.385 e. The lowest BCUT2D eigenvalue weighted by molar-refractivity contribution is 0.206. The summed E-state index contributed by atoms with van der Waals surface area (Å²) >= 11 is 0. The van der Waals surface area contributed by atoms with Gasteiger partial charge in [0.25, 0.3) is 0 Å². The molecule has 6 nitrogen and oxygen atoms in total. The number of carbonyl (C=O) groups is 1. The Kier molecular flexibility index (Phi) is 3.12. The van der Waals surface area contributed by atoms with E-state index in [2.05, 4.69) is 10.1 Å². The first-order chi connectivity index (χ1) is 8.17. The molecule has 1 aromatic rings. The van der Waals surface area contributed by atoms with Crippen LogP contribution in [-0.4, -0.2) is 33.1 Å². The maximum absolute atomic E-state index is 11.7. The number of aromatic nitrogens is 2. The highest BCUT2D eigenvalue weighted by atomic mass is 16.2. The standard InChI is InChI=1S/C11H17N5O/c1-3-5-16-9(10(12)14-11(16)17)8-6-13-15(4-2)7-8/h6-7,9H,3-5H2,1-2H3,(H2,12,14,17). The molecule has 92 valence electrons. The highest BCUT2D eigenvalue weighted by molar-refractivity contribution is 6.03. The van der Waals surface area contributed by atoms with Gasteiger partial charge in [0, 0.05) is 24.8 Å². The first-order valence-electron chi connectivity index (χ1n) is 5.84. The number of nitrogens with zero attached hydrogens (tertiary/aromatic N) is 4. The molecule has 6 heteroatoms. The molecule has 0 aromatic carbocycles. The van der Waals surface area contributed by atoms with Gasteiger partial charge in [0.15, 0.2) is 0 Å². The molecule has 2 rings (SSSR count). The summed E-state index contributed by atoms with van der Waals surface area (Å²) in [6.45, 7) is 5.49. The van der Waals surface area contributed by atoms with Crippen LogP contribution in [0.4, 0.5) is 4.79 Å². The van der Waals surface area contributed by atoms with Crippen LogP contribution in [0.15, 0.2) is 17.4 Å². The van der Waals surface area contributed by atoms with E-state index in [1.807, 2.05) is 24.7 Å². The second kappa shape index (κ2) is 4.57. The highest BCUT2D eigenvalue weighted by Crippen LogP contribution is 2.26. The maximum atomic E-state index is 11.7. The van der Waals surface area contributed by atoms with Gasteiger partial charge in [0.2, 0.25) is 0 Å². The van der Waals surface area contributed by atoms with Crippen LogP contribution in [0.1, 0.15) is 31.9 Å². The average molecular weight is 235 g/mol. The lowest BCUT2D eigenvalue weighted by Gasteiger charge is -2.22. The molecule has 0 fully saturated rings. The summed E-state index contributed by atoms with van der Waals surface area (Å²) < 4.78 is 1.82. The van der Waals surface area contributed by atoms with Crippen molar-refractivity contribution in [2.45, 2.75) is 32.9 Å². The van der Waals surface area contributed by atoms with Gasteiger partial charge < -0.3 is 10.6 Å². The van der Waals surface area contributed by atoms with E-state index in [-0.39, 0.29) is 12.1 Å². The summed E-state index contributed by atoms with van der Waals surface area (Å²) in [5.41, 5.74) is 6.75. The molecule has 17 heavy (non-hydrogen) atoms. The predicted octanol–water partition coefficient (Wildman–Crippen LogP) is 1.15. The fourth-order valence-electron chi connectivity index (χ4n) is 2.02. The van der Waals surface area contributed by atoms with Crippen LogP contribution in [0, 0.1) is 0 Å². The maximum Gasteiger partial charge on any atom is 0.346 e. The van der Waals surface area contributed by atoms with E-state index >= 15 is 0 Å². The Hall–Kier alpha value is -1.85. The summed E-state index contributed by atoms with van der Waals surface area (Å²) in [7, 11) is 0. The van der Waals surface area contributed by atoms with E-state index in [0.717, 1.165) is 18.5 Å². The zero-order valence-corrected chi connectivity index (χ0v) is 10.1. The highest BCUT2D eigenvalue weighted by Gasteiger charge is 2.34. The van der Waals surface area contributed by atoms with Crippen molar-refractivity contribution in [3.63, 3.8) is 0 Å². The molecule has 1 aliphatic rings. The molecule has 0 aliphatic carbocycles. The summed E-state index contributed by atoms with van der Waals surface area (Å²) in [6, 6.07) is -0.499. The van der Waals surface area contributed by atoms with E-state index in [9.17, 15) is 4.79 Å². The molecule has 2 heterocycles. The lowest BCUT2D eigenvalue weighted by atomic mass is 10.1. The van der Waals surface area contributed by atoms with Crippen molar-refractivity contribution in [1.29, 1.82) is 0 Å². The number of hydrogen-bond acceptors (Lipinski definition) is 3. The first-order valence-corrected chi connectivity index (χ1v) is 5.84. The van der Waals surface area contributed by atoms with Crippen LogP contribution in [0.25, 0.3) is 0 Å². The molecule has 1 atom stereocenters. The zero-order valence-electron chi connectivity index (χ0n) is 10.1. The average Bonchev–Trinajstić information content (AvgIpc) is 2.85. The Morgan fingerprint density at radius 2 is 2.24 bits per heavy atom. The fourth-order valence-corrected chi connectivity index (χ4v) is 2.02. The molecular weight excluding hydrogens is 218 g/mol.